The van der Waals surface area contributed by atoms with Crippen LogP contribution in [0.1, 0.15) is 0 Å². The molecule has 0 aliphatic carbocycles. The molecular formula is C14H15Cl2N3O2S. The molecular weight excluding hydrogens is 345 g/mol. The largest absolute Gasteiger partial charge is 0.378 e. The number of nitrogens with two attached hydrogens (primary N) is 1. The number of hydrogen-bond donors (Lipinski definition) is 2. The minimum atomic E-state index is -0.696. The van der Waals surface area contributed by atoms with Crippen LogP contribution in [-0.4, -0.2) is 42.4 Å². The van der Waals surface area contributed by atoms with E-state index < -0.39 is 6.04 Å². The van der Waals surface area contributed by atoms with Gasteiger partial charge >= 0.3 is 0 Å². The number of carbonyl (C=O) groups is 1. The fourth-order valence-electron chi connectivity index (χ4n) is 2.34. The smallest absolute Gasteiger partial charge is 0.217 e. The van der Waals surface area contributed by atoms with E-state index in [2.05, 4.69) is 10.2 Å². The summed E-state index contributed by atoms with van der Waals surface area (Å²) in [7, 11) is 0. The Morgan fingerprint density at radius 2 is 2.05 bits per heavy atom. The van der Waals surface area contributed by atoms with Gasteiger partial charge in [-0.1, -0.05) is 29.3 Å². The number of ether oxygens (including phenoxy) is 1. The van der Waals surface area contributed by atoms with Crippen molar-refractivity contribution in [3.63, 3.8) is 0 Å². The Bertz CT molecular complexity index is 633. The number of rotatable bonds is 3. The Morgan fingerprint density at radius 1 is 1.32 bits per heavy atom. The number of carbonyl (C=O) groups excluding carboxylic acids is 1. The summed E-state index contributed by atoms with van der Waals surface area (Å²) >= 11 is 13.4. The molecule has 0 amide bonds. The normalized spacial score (nSPS) is 22.4. The third-order valence-electron chi connectivity index (χ3n) is 3.51. The number of morpholine rings is 1. The van der Waals surface area contributed by atoms with Gasteiger partial charge in [-0.15, -0.1) is 0 Å². The molecule has 1 atom stereocenters. The van der Waals surface area contributed by atoms with Crippen LogP contribution in [0.15, 0.2) is 28.9 Å². The molecule has 2 heterocycles. The number of thioether (sulfide) groups is 1. The predicted octanol–water partition coefficient (Wildman–Crippen LogP) is 2.51. The number of benzene rings is 1. The van der Waals surface area contributed by atoms with Crippen molar-refractivity contribution in [2.75, 3.05) is 31.6 Å². The fourth-order valence-corrected chi connectivity index (χ4v) is 3.73. The SMILES string of the molecule is NC1C(=O)SC(N2CCOCC2)=C1Nc1cccc(Cl)c1Cl. The Hall–Kier alpha value is -0.920. The summed E-state index contributed by atoms with van der Waals surface area (Å²) in [4.78, 5) is 14.1. The summed E-state index contributed by atoms with van der Waals surface area (Å²) in [5, 5.41) is 4.82. The van der Waals surface area contributed by atoms with E-state index in [1.807, 2.05) is 0 Å². The highest BCUT2D eigenvalue weighted by Gasteiger charge is 2.35. The first kappa shape index (κ1) is 16.0. The average Bonchev–Trinajstić information content (AvgIpc) is 2.81. The van der Waals surface area contributed by atoms with Gasteiger partial charge in [0.2, 0.25) is 5.12 Å². The Balaban J connectivity index is 1.92. The van der Waals surface area contributed by atoms with E-state index in [9.17, 15) is 4.79 Å². The monoisotopic (exact) mass is 359 g/mol. The third kappa shape index (κ3) is 3.07. The number of nitrogens with zero attached hydrogens (tertiary/aromatic N) is 1. The summed E-state index contributed by atoms with van der Waals surface area (Å²) in [5.41, 5.74) is 7.34. The maximum atomic E-state index is 12.0. The zero-order chi connectivity index (χ0) is 15.7. The molecule has 1 aromatic carbocycles. The van der Waals surface area contributed by atoms with E-state index in [0.717, 1.165) is 18.1 Å². The van der Waals surface area contributed by atoms with E-state index >= 15 is 0 Å². The zero-order valence-electron chi connectivity index (χ0n) is 11.6. The second-order valence-electron chi connectivity index (χ2n) is 4.94. The summed E-state index contributed by atoms with van der Waals surface area (Å²) in [6.45, 7) is 2.74. The van der Waals surface area contributed by atoms with Gasteiger partial charge in [0.25, 0.3) is 0 Å². The van der Waals surface area contributed by atoms with Crippen LogP contribution in [0.3, 0.4) is 0 Å². The Kier molecular flexibility index (Phi) is 4.84. The van der Waals surface area contributed by atoms with Crippen molar-refractivity contribution >= 4 is 45.8 Å². The Labute approximate surface area is 142 Å². The minimum Gasteiger partial charge on any atom is -0.378 e. The second-order valence-corrected chi connectivity index (χ2v) is 6.72. The second kappa shape index (κ2) is 6.68. The van der Waals surface area contributed by atoms with Crippen molar-refractivity contribution in [3.8, 4) is 0 Å². The maximum Gasteiger partial charge on any atom is 0.217 e. The molecule has 3 N–H and O–H groups in total. The lowest BCUT2D eigenvalue weighted by Crippen LogP contribution is -2.36. The third-order valence-corrected chi connectivity index (χ3v) is 5.46. The van der Waals surface area contributed by atoms with Gasteiger partial charge in [-0.3, -0.25) is 4.79 Å². The molecule has 0 saturated carbocycles. The molecule has 22 heavy (non-hydrogen) atoms. The van der Waals surface area contributed by atoms with Crippen molar-refractivity contribution < 1.29 is 9.53 Å². The van der Waals surface area contributed by atoms with Crippen molar-refractivity contribution in [1.82, 2.24) is 4.90 Å². The van der Waals surface area contributed by atoms with Crippen LogP contribution in [0.4, 0.5) is 5.69 Å². The van der Waals surface area contributed by atoms with Gasteiger partial charge in [-0.2, -0.15) is 0 Å². The molecule has 2 aliphatic heterocycles. The van der Waals surface area contributed by atoms with Crippen molar-refractivity contribution in [2.45, 2.75) is 6.04 Å². The van der Waals surface area contributed by atoms with Crippen molar-refractivity contribution in [3.05, 3.63) is 39.0 Å². The van der Waals surface area contributed by atoms with Gasteiger partial charge in [0.05, 0.1) is 34.6 Å². The van der Waals surface area contributed by atoms with E-state index in [0.29, 0.717) is 34.6 Å². The number of halogens is 2. The zero-order valence-corrected chi connectivity index (χ0v) is 14.0. The molecule has 1 fully saturated rings. The van der Waals surface area contributed by atoms with E-state index in [1.165, 1.54) is 11.8 Å². The lowest BCUT2D eigenvalue weighted by Gasteiger charge is -2.30. The van der Waals surface area contributed by atoms with Gasteiger partial charge in [0, 0.05) is 13.1 Å². The van der Waals surface area contributed by atoms with Crippen molar-refractivity contribution in [1.29, 1.82) is 0 Å². The molecule has 0 radical (unpaired) electrons. The molecule has 1 unspecified atom stereocenters. The molecule has 1 aromatic rings. The van der Waals surface area contributed by atoms with Gasteiger partial charge in [-0.05, 0) is 23.9 Å². The highest BCUT2D eigenvalue weighted by atomic mass is 35.5. The number of nitrogens with one attached hydrogen (secondary N) is 1. The number of hydrogen-bond acceptors (Lipinski definition) is 6. The molecule has 2 aliphatic rings. The fraction of sp³-hybridized carbons (Fsp3) is 0.357. The molecule has 5 nitrogen and oxygen atoms in total. The molecule has 0 aromatic heterocycles. The molecule has 118 valence electrons. The minimum absolute atomic E-state index is 0.0813. The first-order valence-corrected chi connectivity index (χ1v) is 8.40. The first-order chi connectivity index (χ1) is 10.6. The van der Waals surface area contributed by atoms with Gasteiger partial charge in [-0.25, -0.2) is 0 Å². The van der Waals surface area contributed by atoms with E-state index in [4.69, 9.17) is 33.7 Å². The Morgan fingerprint density at radius 3 is 2.77 bits per heavy atom. The van der Waals surface area contributed by atoms with Crippen LogP contribution in [0.2, 0.25) is 10.0 Å². The maximum absolute atomic E-state index is 12.0. The van der Waals surface area contributed by atoms with Crippen LogP contribution < -0.4 is 11.1 Å². The first-order valence-electron chi connectivity index (χ1n) is 6.83. The summed E-state index contributed by atoms with van der Waals surface area (Å²) in [5.74, 6) is 0. The van der Waals surface area contributed by atoms with Gasteiger partial charge in [0.1, 0.15) is 11.1 Å². The summed E-state index contributed by atoms with van der Waals surface area (Å²) < 4.78 is 5.35. The highest BCUT2D eigenvalue weighted by molar-refractivity contribution is 8.17. The molecule has 3 rings (SSSR count). The quantitative estimate of drug-likeness (QED) is 0.864. The van der Waals surface area contributed by atoms with Crippen LogP contribution >= 0.6 is 35.0 Å². The summed E-state index contributed by atoms with van der Waals surface area (Å²) in [6, 6.07) is 4.61. The lowest BCUT2D eigenvalue weighted by atomic mass is 10.2. The van der Waals surface area contributed by atoms with Crippen molar-refractivity contribution in [2.24, 2.45) is 5.73 Å². The average molecular weight is 360 g/mol. The predicted molar refractivity (Wildman–Crippen MR) is 90.1 cm³/mol. The molecule has 8 heteroatoms. The van der Waals surface area contributed by atoms with E-state index in [-0.39, 0.29) is 5.12 Å². The molecule has 0 bridgehead atoms. The van der Waals surface area contributed by atoms with Crippen LogP contribution in [0, 0.1) is 0 Å². The van der Waals surface area contributed by atoms with Gasteiger partial charge < -0.3 is 20.7 Å². The number of anilines is 1. The van der Waals surface area contributed by atoms with Crippen LogP contribution in [0.5, 0.6) is 0 Å². The topological polar surface area (TPSA) is 67.6 Å². The lowest BCUT2D eigenvalue weighted by molar-refractivity contribution is -0.111. The van der Waals surface area contributed by atoms with Crippen LogP contribution in [0.25, 0.3) is 0 Å². The molecule has 1 saturated heterocycles. The highest BCUT2D eigenvalue weighted by Crippen LogP contribution is 2.38. The van der Waals surface area contributed by atoms with E-state index in [1.54, 1.807) is 18.2 Å². The van der Waals surface area contributed by atoms with Gasteiger partial charge in [0.15, 0.2) is 0 Å². The summed E-state index contributed by atoms with van der Waals surface area (Å²) in [6.07, 6.45) is 0. The van der Waals surface area contributed by atoms with Crippen LogP contribution in [-0.2, 0) is 9.53 Å². The molecule has 0 spiro atoms. The standard InChI is InChI=1S/C14H15Cl2N3O2S/c15-8-2-1-3-9(10(8)16)18-12-11(17)14(20)22-13(12)19-4-6-21-7-5-19/h1-3,11,18H,4-7,17H2.